The lowest BCUT2D eigenvalue weighted by atomic mass is 9.79. The van der Waals surface area contributed by atoms with Crippen LogP contribution >= 0.6 is 11.3 Å². The molecule has 2 aliphatic rings. The van der Waals surface area contributed by atoms with Crippen molar-refractivity contribution in [1.82, 2.24) is 9.97 Å². The Labute approximate surface area is 177 Å². The van der Waals surface area contributed by atoms with Crippen LogP contribution in [-0.4, -0.2) is 15.9 Å². The largest absolute Gasteiger partial charge is 0.457 e. The number of esters is 1. The Morgan fingerprint density at radius 1 is 1.20 bits per heavy atom. The van der Waals surface area contributed by atoms with Gasteiger partial charge in [0.05, 0.1) is 10.8 Å². The molecular formula is C23H23FN2O3S. The minimum atomic E-state index is -0.825. The highest BCUT2D eigenvalue weighted by Gasteiger charge is 2.44. The van der Waals surface area contributed by atoms with Crippen molar-refractivity contribution in [3.05, 3.63) is 62.3 Å². The normalized spacial score (nSPS) is 17.8. The van der Waals surface area contributed by atoms with Crippen molar-refractivity contribution in [3.63, 3.8) is 0 Å². The number of aryl methyl sites for hydroxylation is 2. The molecule has 0 radical (unpaired) electrons. The number of rotatable bonds is 4. The van der Waals surface area contributed by atoms with Gasteiger partial charge in [0, 0.05) is 4.88 Å². The lowest BCUT2D eigenvalue weighted by Gasteiger charge is -2.27. The van der Waals surface area contributed by atoms with Gasteiger partial charge in [0.1, 0.15) is 23.1 Å². The van der Waals surface area contributed by atoms with Crippen molar-refractivity contribution in [3.8, 4) is 0 Å². The molecule has 0 spiro atoms. The van der Waals surface area contributed by atoms with Crippen LogP contribution in [0.25, 0.3) is 10.2 Å². The number of fused-ring (bicyclic) bond motifs is 3. The van der Waals surface area contributed by atoms with Crippen LogP contribution in [0.15, 0.2) is 29.1 Å². The van der Waals surface area contributed by atoms with Crippen LogP contribution in [-0.2, 0) is 34.4 Å². The van der Waals surface area contributed by atoms with Gasteiger partial charge in [-0.2, -0.15) is 0 Å². The van der Waals surface area contributed by atoms with Crippen LogP contribution in [0.5, 0.6) is 0 Å². The van der Waals surface area contributed by atoms with E-state index < -0.39 is 5.41 Å². The van der Waals surface area contributed by atoms with Crippen LogP contribution in [0, 0.1) is 5.82 Å². The number of carbonyl (C=O) groups is 1. The Bertz CT molecular complexity index is 1180. The van der Waals surface area contributed by atoms with Gasteiger partial charge in [-0.15, -0.1) is 11.3 Å². The molecule has 3 aromatic rings. The lowest BCUT2D eigenvalue weighted by molar-refractivity contribution is -0.152. The van der Waals surface area contributed by atoms with Crippen LogP contribution in [0.4, 0.5) is 4.39 Å². The second-order valence-electron chi connectivity index (χ2n) is 8.28. The van der Waals surface area contributed by atoms with Crippen LogP contribution in [0.3, 0.4) is 0 Å². The van der Waals surface area contributed by atoms with Gasteiger partial charge >= 0.3 is 5.97 Å². The zero-order valence-corrected chi connectivity index (χ0v) is 17.4. The monoisotopic (exact) mass is 426 g/mol. The summed E-state index contributed by atoms with van der Waals surface area (Å²) in [6, 6.07) is 6.22. The molecule has 7 heteroatoms. The van der Waals surface area contributed by atoms with E-state index in [0.717, 1.165) is 48.9 Å². The third-order valence-corrected chi connectivity index (χ3v) is 7.62. The van der Waals surface area contributed by atoms with E-state index in [-0.39, 0.29) is 24.0 Å². The fourth-order valence-corrected chi connectivity index (χ4v) is 6.21. The molecule has 2 aliphatic carbocycles. The highest BCUT2D eigenvalue weighted by molar-refractivity contribution is 7.18. The van der Waals surface area contributed by atoms with E-state index in [1.165, 1.54) is 17.0 Å². The average Bonchev–Trinajstić information content (AvgIpc) is 3.38. The minimum absolute atomic E-state index is 0.0936. The Morgan fingerprint density at radius 2 is 2.00 bits per heavy atom. The summed E-state index contributed by atoms with van der Waals surface area (Å²) in [7, 11) is 0. The highest BCUT2D eigenvalue weighted by atomic mass is 32.1. The van der Waals surface area contributed by atoms with Gasteiger partial charge in [-0.3, -0.25) is 9.59 Å². The standard InChI is InChI=1S/C23H23FN2O3S/c24-15-7-5-6-14(12-15)23(10-3-4-11-23)22(28)29-13-18-25-20(27)19-16-8-1-2-9-17(16)30-21(19)26-18/h5-7,12H,1-4,8-11,13H2,(H,25,26,27). The summed E-state index contributed by atoms with van der Waals surface area (Å²) >= 11 is 1.57. The zero-order valence-electron chi connectivity index (χ0n) is 16.6. The number of benzene rings is 1. The number of thiophene rings is 1. The van der Waals surface area contributed by atoms with E-state index in [0.29, 0.717) is 29.6 Å². The Hall–Kier alpha value is -2.54. The number of carbonyl (C=O) groups excluding carboxylic acids is 1. The molecule has 1 saturated carbocycles. The van der Waals surface area contributed by atoms with Crippen molar-refractivity contribution >= 4 is 27.5 Å². The molecular weight excluding hydrogens is 403 g/mol. The quantitative estimate of drug-likeness (QED) is 0.621. The molecule has 2 aromatic heterocycles. The van der Waals surface area contributed by atoms with E-state index >= 15 is 0 Å². The summed E-state index contributed by atoms with van der Waals surface area (Å²) in [4.78, 5) is 35.1. The minimum Gasteiger partial charge on any atom is -0.457 e. The van der Waals surface area contributed by atoms with Crippen molar-refractivity contribution in [2.24, 2.45) is 0 Å². The van der Waals surface area contributed by atoms with E-state index in [1.54, 1.807) is 23.5 Å². The third kappa shape index (κ3) is 3.25. The van der Waals surface area contributed by atoms with Gasteiger partial charge in [0.15, 0.2) is 0 Å². The molecule has 0 aliphatic heterocycles. The molecule has 0 amide bonds. The summed E-state index contributed by atoms with van der Waals surface area (Å²) in [5.74, 6) is -0.379. The average molecular weight is 427 g/mol. The molecule has 0 unspecified atom stereocenters. The molecule has 5 nitrogen and oxygen atoms in total. The second kappa shape index (κ2) is 7.61. The molecule has 5 rings (SSSR count). The maximum absolute atomic E-state index is 13.8. The number of nitrogens with one attached hydrogen (secondary N) is 1. The van der Waals surface area contributed by atoms with Gasteiger partial charge in [0.2, 0.25) is 0 Å². The van der Waals surface area contributed by atoms with Gasteiger partial charge in [-0.25, -0.2) is 9.37 Å². The maximum Gasteiger partial charge on any atom is 0.317 e. The first kappa shape index (κ1) is 19.4. The molecule has 0 atom stereocenters. The van der Waals surface area contributed by atoms with Crippen molar-refractivity contribution in [1.29, 1.82) is 0 Å². The Morgan fingerprint density at radius 3 is 2.80 bits per heavy atom. The highest BCUT2D eigenvalue weighted by Crippen LogP contribution is 2.42. The number of hydrogen-bond acceptors (Lipinski definition) is 5. The smallest absolute Gasteiger partial charge is 0.317 e. The number of hydrogen-bond donors (Lipinski definition) is 1. The van der Waals surface area contributed by atoms with E-state index in [9.17, 15) is 14.0 Å². The van der Waals surface area contributed by atoms with Crippen LogP contribution < -0.4 is 5.56 Å². The van der Waals surface area contributed by atoms with E-state index in [1.807, 2.05) is 0 Å². The fourth-order valence-electron chi connectivity index (χ4n) is 4.92. The van der Waals surface area contributed by atoms with E-state index in [4.69, 9.17) is 4.74 Å². The van der Waals surface area contributed by atoms with Gasteiger partial charge < -0.3 is 9.72 Å². The third-order valence-electron chi connectivity index (χ3n) is 6.44. The molecule has 2 heterocycles. The Kier molecular flexibility index (Phi) is 4.93. The zero-order chi connectivity index (χ0) is 20.7. The number of H-pyrrole nitrogens is 1. The van der Waals surface area contributed by atoms with Gasteiger partial charge in [-0.1, -0.05) is 25.0 Å². The second-order valence-corrected chi connectivity index (χ2v) is 9.36. The summed E-state index contributed by atoms with van der Waals surface area (Å²) in [6.07, 6.45) is 7.22. The summed E-state index contributed by atoms with van der Waals surface area (Å²) in [5.41, 5.74) is 0.808. The predicted molar refractivity (Wildman–Crippen MR) is 113 cm³/mol. The predicted octanol–water partition coefficient (Wildman–Crippen LogP) is 4.56. The SMILES string of the molecule is O=C(OCc1nc2sc3c(c2c(=O)[nH]1)CCCC3)C1(c2cccc(F)c2)CCCC1. The van der Waals surface area contributed by atoms with Crippen molar-refractivity contribution in [2.45, 2.75) is 63.4 Å². The first-order chi connectivity index (χ1) is 14.6. The molecule has 30 heavy (non-hydrogen) atoms. The molecule has 0 bridgehead atoms. The molecule has 0 saturated heterocycles. The summed E-state index contributed by atoms with van der Waals surface area (Å²) in [6.45, 7) is -0.0936. The number of aromatic nitrogens is 2. The molecule has 1 N–H and O–H groups in total. The van der Waals surface area contributed by atoms with Crippen LogP contribution in [0.1, 0.15) is 60.4 Å². The first-order valence-electron chi connectivity index (χ1n) is 10.5. The van der Waals surface area contributed by atoms with Crippen molar-refractivity contribution in [2.75, 3.05) is 0 Å². The summed E-state index contributed by atoms with van der Waals surface area (Å²) in [5, 5.41) is 0.691. The van der Waals surface area contributed by atoms with Gasteiger partial charge in [-0.05, 0) is 61.8 Å². The number of nitrogens with zero attached hydrogens (tertiary/aromatic N) is 1. The topological polar surface area (TPSA) is 72.0 Å². The Balaban J connectivity index is 1.40. The fraction of sp³-hybridized carbons (Fsp3) is 0.435. The molecule has 1 aromatic carbocycles. The molecule has 1 fully saturated rings. The lowest BCUT2D eigenvalue weighted by Crippen LogP contribution is -2.35. The van der Waals surface area contributed by atoms with Crippen LogP contribution in [0.2, 0.25) is 0 Å². The molecule has 156 valence electrons. The van der Waals surface area contributed by atoms with E-state index in [2.05, 4.69) is 9.97 Å². The van der Waals surface area contributed by atoms with Crippen molar-refractivity contribution < 1.29 is 13.9 Å². The summed E-state index contributed by atoms with van der Waals surface area (Å²) < 4.78 is 19.4. The van der Waals surface area contributed by atoms with Gasteiger partial charge in [0.25, 0.3) is 5.56 Å². The maximum atomic E-state index is 13.8. The number of ether oxygens (including phenoxy) is 1. The first-order valence-corrected chi connectivity index (χ1v) is 11.4. The number of aromatic amines is 1. The number of halogens is 1.